The minimum Gasteiger partial charge on any atom is -0.238 e. The van der Waals surface area contributed by atoms with Gasteiger partial charge in [-0.2, -0.15) is 12.6 Å². The Morgan fingerprint density at radius 3 is 2.33 bits per heavy atom. The Hall–Kier alpha value is -0.640. The highest BCUT2D eigenvalue weighted by atomic mass is 32.1. The molecular formula is C8H11FN2S. The van der Waals surface area contributed by atoms with E-state index in [1.54, 1.807) is 0 Å². The summed E-state index contributed by atoms with van der Waals surface area (Å²) in [7, 11) is 0. The number of hydrogen-bond acceptors (Lipinski definition) is 3. The van der Waals surface area contributed by atoms with E-state index in [2.05, 4.69) is 22.6 Å². The fraction of sp³-hybridized carbons (Fsp3) is 0.500. The van der Waals surface area contributed by atoms with Crippen LogP contribution in [0.1, 0.15) is 19.7 Å². The van der Waals surface area contributed by atoms with Crippen molar-refractivity contribution >= 4 is 12.6 Å². The molecule has 0 fully saturated rings. The Morgan fingerprint density at radius 2 is 1.92 bits per heavy atom. The lowest BCUT2D eigenvalue weighted by atomic mass is 9.95. The zero-order valence-electron chi connectivity index (χ0n) is 7.08. The highest BCUT2D eigenvalue weighted by Crippen LogP contribution is 2.19. The van der Waals surface area contributed by atoms with Gasteiger partial charge in [0.2, 0.25) is 0 Å². The Bertz CT molecular complexity index is 258. The van der Waals surface area contributed by atoms with Crippen LogP contribution in [0.15, 0.2) is 12.4 Å². The minimum atomic E-state index is -0.409. The summed E-state index contributed by atoms with van der Waals surface area (Å²) < 4.78 is 12.4. The number of nitrogens with zero attached hydrogens (tertiary/aromatic N) is 2. The molecule has 0 bridgehead atoms. The molecule has 4 heteroatoms. The van der Waals surface area contributed by atoms with Gasteiger partial charge in [0.1, 0.15) is 5.82 Å². The maximum Gasteiger partial charge on any atom is 0.159 e. The van der Waals surface area contributed by atoms with Gasteiger partial charge in [-0.05, 0) is 0 Å². The summed E-state index contributed by atoms with van der Waals surface area (Å²) in [6.07, 6.45) is 2.35. The van der Waals surface area contributed by atoms with E-state index in [4.69, 9.17) is 0 Å². The van der Waals surface area contributed by atoms with E-state index in [1.165, 1.54) is 12.4 Å². The van der Waals surface area contributed by atoms with E-state index in [0.717, 1.165) is 0 Å². The lowest BCUT2D eigenvalue weighted by Gasteiger charge is -2.19. The van der Waals surface area contributed by atoms with Gasteiger partial charge in [0, 0.05) is 11.2 Å². The Balaban J connectivity index is 2.96. The van der Waals surface area contributed by atoms with E-state index in [9.17, 15) is 4.39 Å². The summed E-state index contributed by atoms with van der Waals surface area (Å²) in [5.74, 6) is 0.853. The lowest BCUT2D eigenvalue weighted by Crippen LogP contribution is -2.22. The van der Waals surface area contributed by atoms with Crippen molar-refractivity contribution in [2.75, 3.05) is 5.75 Å². The van der Waals surface area contributed by atoms with Crippen LogP contribution in [-0.4, -0.2) is 15.7 Å². The molecule has 12 heavy (non-hydrogen) atoms. The van der Waals surface area contributed by atoms with Crippen LogP contribution in [0.25, 0.3) is 0 Å². The number of hydrogen-bond donors (Lipinski definition) is 1. The molecule has 1 heterocycles. The molecule has 1 rings (SSSR count). The third kappa shape index (κ3) is 1.94. The zero-order chi connectivity index (χ0) is 9.19. The van der Waals surface area contributed by atoms with Crippen molar-refractivity contribution in [1.29, 1.82) is 0 Å². The average molecular weight is 186 g/mol. The molecule has 0 aromatic carbocycles. The fourth-order valence-electron chi connectivity index (χ4n) is 0.732. The first kappa shape index (κ1) is 9.45. The molecule has 0 atom stereocenters. The van der Waals surface area contributed by atoms with E-state index in [-0.39, 0.29) is 5.41 Å². The van der Waals surface area contributed by atoms with E-state index >= 15 is 0 Å². The van der Waals surface area contributed by atoms with Crippen molar-refractivity contribution in [3.8, 4) is 0 Å². The monoisotopic (exact) mass is 186 g/mol. The normalized spacial score (nSPS) is 11.7. The Labute approximate surface area is 76.7 Å². The molecule has 0 radical (unpaired) electrons. The lowest BCUT2D eigenvalue weighted by molar-refractivity contribution is 0.539. The maximum atomic E-state index is 12.4. The van der Waals surface area contributed by atoms with Crippen LogP contribution in [0.3, 0.4) is 0 Å². The van der Waals surface area contributed by atoms with Crippen molar-refractivity contribution < 1.29 is 4.39 Å². The van der Waals surface area contributed by atoms with Crippen molar-refractivity contribution in [3.63, 3.8) is 0 Å². The van der Waals surface area contributed by atoms with Gasteiger partial charge in [-0.1, -0.05) is 13.8 Å². The Kier molecular flexibility index (Phi) is 2.67. The van der Waals surface area contributed by atoms with Gasteiger partial charge in [0.05, 0.1) is 12.4 Å². The average Bonchev–Trinajstić information content (AvgIpc) is 2.05. The molecule has 0 amide bonds. The van der Waals surface area contributed by atoms with Crippen LogP contribution in [0.2, 0.25) is 0 Å². The van der Waals surface area contributed by atoms with Gasteiger partial charge in [-0.25, -0.2) is 14.4 Å². The van der Waals surface area contributed by atoms with E-state index in [0.29, 0.717) is 11.6 Å². The third-order valence-corrected chi connectivity index (χ3v) is 2.41. The van der Waals surface area contributed by atoms with Gasteiger partial charge in [-0.15, -0.1) is 0 Å². The van der Waals surface area contributed by atoms with Crippen molar-refractivity contribution in [1.82, 2.24) is 9.97 Å². The zero-order valence-corrected chi connectivity index (χ0v) is 7.98. The van der Waals surface area contributed by atoms with Gasteiger partial charge < -0.3 is 0 Å². The number of aromatic nitrogens is 2. The molecule has 0 aliphatic carbocycles. The van der Waals surface area contributed by atoms with Crippen LogP contribution in [-0.2, 0) is 5.41 Å². The van der Waals surface area contributed by atoms with Crippen LogP contribution in [0.4, 0.5) is 4.39 Å². The largest absolute Gasteiger partial charge is 0.238 e. The Morgan fingerprint density at radius 1 is 1.42 bits per heavy atom. The van der Waals surface area contributed by atoms with Crippen molar-refractivity contribution in [2.24, 2.45) is 0 Å². The SMILES string of the molecule is CC(C)(CS)c1ncc(F)cn1. The smallest absolute Gasteiger partial charge is 0.159 e. The molecule has 1 aromatic rings. The standard InChI is InChI=1S/C8H11FN2S/c1-8(2,5-12)7-10-3-6(9)4-11-7/h3-4,12H,5H2,1-2H3. The van der Waals surface area contributed by atoms with E-state index in [1.807, 2.05) is 13.8 Å². The van der Waals surface area contributed by atoms with Gasteiger partial charge in [0.25, 0.3) is 0 Å². The highest BCUT2D eigenvalue weighted by molar-refractivity contribution is 7.80. The molecule has 0 aliphatic heterocycles. The molecule has 0 unspecified atom stereocenters. The van der Waals surface area contributed by atoms with Crippen molar-refractivity contribution in [3.05, 3.63) is 24.0 Å². The molecule has 0 N–H and O–H groups in total. The summed E-state index contributed by atoms with van der Waals surface area (Å²) >= 11 is 4.16. The molecule has 0 saturated carbocycles. The number of rotatable bonds is 2. The first-order chi connectivity index (χ1) is 5.56. The first-order valence-electron chi connectivity index (χ1n) is 3.65. The second-order valence-corrected chi connectivity index (χ2v) is 3.58. The van der Waals surface area contributed by atoms with Crippen LogP contribution < -0.4 is 0 Å². The number of thiol groups is 1. The highest BCUT2D eigenvalue weighted by Gasteiger charge is 2.21. The second-order valence-electron chi connectivity index (χ2n) is 3.27. The summed E-state index contributed by atoms with van der Waals surface area (Å²) in [5.41, 5.74) is -0.198. The second kappa shape index (κ2) is 3.39. The van der Waals surface area contributed by atoms with Crippen LogP contribution in [0, 0.1) is 5.82 Å². The molecule has 66 valence electrons. The van der Waals surface area contributed by atoms with Crippen LogP contribution >= 0.6 is 12.6 Å². The van der Waals surface area contributed by atoms with Crippen molar-refractivity contribution in [2.45, 2.75) is 19.3 Å². The molecule has 0 saturated heterocycles. The minimum absolute atomic E-state index is 0.198. The summed E-state index contributed by atoms with van der Waals surface area (Å²) in [5, 5.41) is 0. The maximum absolute atomic E-state index is 12.4. The predicted molar refractivity (Wildman–Crippen MR) is 48.9 cm³/mol. The fourth-order valence-corrected chi connectivity index (χ4v) is 0.874. The number of halogens is 1. The molecule has 0 aliphatic rings. The molecular weight excluding hydrogens is 175 g/mol. The van der Waals surface area contributed by atoms with E-state index < -0.39 is 5.82 Å². The van der Waals surface area contributed by atoms with Crippen LogP contribution in [0.5, 0.6) is 0 Å². The van der Waals surface area contributed by atoms with Gasteiger partial charge in [-0.3, -0.25) is 0 Å². The summed E-state index contributed by atoms with van der Waals surface area (Å²) in [4.78, 5) is 7.77. The molecule has 1 aromatic heterocycles. The quantitative estimate of drug-likeness (QED) is 0.713. The topological polar surface area (TPSA) is 25.8 Å². The summed E-state index contributed by atoms with van der Waals surface area (Å²) in [6.45, 7) is 3.93. The van der Waals surface area contributed by atoms with Gasteiger partial charge in [0.15, 0.2) is 5.82 Å². The third-order valence-electron chi connectivity index (χ3n) is 1.62. The molecule has 0 spiro atoms. The summed E-state index contributed by atoms with van der Waals surface area (Å²) in [6, 6.07) is 0. The van der Waals surface area contributed by atoms with Gasteiger partial charge >= 0.3 is 0 Å². The molecule has 2 nitrogen and oxygen atoms in total. The first-order valence-corrected chi connectivity index (χ1v) is 4.28. The predicted octanol–water partition coefficient (Wildman–Crippen LogP) is 1.82.